The number of benzene rings is 2. The van der Waals surface area contributed by atoms with Crippen molar-refractivity contribution < 1.29 is 18.7 Å². The minimum absolute atomic E-state index is 0.223. The summed E-state index contributed by atoms with van der Waals surface area (Å²) in [5, 5.41) is 3.67. The van der Waals surface area contributed by atoms with Crippen molar-refractivity contribution in [1.29, 1.82) is 0 Å². The number of nitrogens with one attached hydrogen (secondary N) is 1. The molecule has 1 aliphatic heterocycles. The van der Waals surface area contributed by atoms with Crippen molar-refractivity contribution in [3.05, 3.63) is 101 Å². The third kappa shape index (κ3) is 4.74. The number of fused-ring (bicyclic) bond motifs is 1. The van der Waals surface area contributed by atoms with E-state index in [4.69, 9.17) is 20.8 Å². The van der Waals surface area contributed by atoms with Crippen molar-refractivity contribution >= 4 is 23.4 Å². The number of hydrogen-bond donors (Lipinski definition) is 1. The number of hydrogen-bond acceptors (Lipinski definition) is 4. The predicted octanol–water partition coefficient (Wildman–Crippen LogP) is 5.53. The van der Waals surface area contributed by atoms with Gasteiger partial charge in [0.15, 0.2) is 0 Å². The van der Waals surface area contributed by atoms with Gasteiger partial charge in [-0.2, -0.15) is 0 Å². The molecule has 0 saturated carbocycles. The average Bonchev–Trinajstić information content (AvgIpc) is 3.57. The fraction of sp³-hybridized carbons (Fsp3) is 0.241. The standard InChI is InChI=1S/C29H28ClN3O4/c1-3-36-25-8-5-4-7-21(25)18-33-27(34)24-15-14-23(26-9-6-16-37-26)32(24)19-29(33,2)28(35)31-17-20-10-12-22(30)13-11-20/h4-16H,3,17-19H2,1-2H3,(H,31,35). The number of ether oxygens (including phenoxy) is 1. The van der Waals surface area contributed by atoms with Gasteiger partial charge in [-0.05, 0) is 61.9 Å². The Morgan fingerprint density at radius 1 is 1.05 bits per heavy atom. The zero-order valence-electron chi connectivity index (χ0n) is 20.7. The van der Waals surface area contributed by atoms with Crippen molar-refractivity contribution in [2.24, 2.45) is 0 Å². The van der Waals surface area contributed by atoms with Gasteiger partial charge in [-0.15, -0.1) is 0 Å². The van der Waals surface area contributed by atoms with Gasteiger partial charge >= 0.3 is 0 Å². The van der Waals surface area contributed by atoms with Gasteiger partial charge < -0.3 is 23.9 Å². The zero-order chi connectivity index (χ0) is 26.0. The minimum Gasteiger partial charge on any atom is -0.494 e. The molecule has 1 N–H and O–H groups in total. The monoisotopic (exact) mass is 517 g/mol. The van der Waals surface area contributed by atoms with E-state index < -0.39 is 5.54 Å². The van der Waals surface area contributed by atoms with Crippen LogP contribution in [0, 0.1) is 0 Å². The van der Waals surface area contributed by atoms with E-state index in [1.807, 2.05) is 60.0 Å². The molecule has 2 aromatic carbocycles. The number of halogens is 1. The van der Waals surface area contributed by atoms with E-state index in [9.17, 15) is 9.59 Å². The topological polar surface area (TPSA) is 76.7 Å². The molecule has 0 spiro atoms. The predicted molar refractivity (Wildman–Crippen MR) is 141 cm³/mol. The molecule has 2 aromatic heterocycles. The average molecular weight is 518 g/mol. The second kappa shape index (κ2) is 10.2. The number of rotatable bonds is 8. The molecule has 2 amide bonds. The highest BCUT2D eigenvalue weighted by Gasteiger charge is 2.48. The molecule has 8 heteroatoms. The fourth-order valence-corrected chi connectivity index (χ4v) is 4.86. The smallest absolute Gasteiger partial charge is 0.271 e. The normalized spacial score (nSPS) is 16.9. The number of furan rings is 1. The van der Waals surface area contributed by atoms with Gasteiger partial charge in [-0.25, -0.2) is 0 Å². The van der Waals surface area contributed by atoms with Crippen molar-refractivity contribution in [3.8, 4) is 17.2 Å². The molecule has 3 heterocycles. The first-order valence-corrected chi connectivity index (χ1v) is 12.6. The van der Waals surface area contributed by atoms with Crippen molar-refractivity contribution in [2.45, 2.75) is 39.0 Å². The van der Waals surface area contributed by atoms with Crippen LogP contribution in [0.3, 0.4) is 0 Å². The molecule has 37 heavy (non-hydrogen) atoms. The van der Waals surface area contributed by atoms with Gasteiger partial charge in [-0.3, -0.25) is 9.59 Å². The van der Waals surface area contributed by atoms with Crippen LogP contribution in [-0.2, 0) is 24.4 Å². The van der Waals surface area contributed by atoms with E-state index in [0.29, 0.717) is 35.4 Å². The minimum atomic E-state index is -1.18. The Labute approximate surface area is 220 Å². The molecule has 0 bridgehead atoms. The first kappa shape index (κ1) is 24.7. The molecule has 7 nitrogen and oxygen atoms in total. The van der Waals surface area contributed by atoms with Crippen molar-refractivity contribution in [1.82, 2.24) is 14.8 Å². The Morgan fingerprint density at radius 3 is 2.54 bits per heavy atom. The lowest BCUT2D eigenvalue weighted by Gasteiger charge is -2.44. The number of nitrogens with zero attached hydrogens (tertiary/aromatic N) is 2. The highest BCUT2D eigenvalue weighted by molar-refractivity contribution is 6.30. The SMILES string of the molecule is CCOc1ccccc1CN1C(=O)c2ccc(-c3ccco3)n2CC1(C)C(=O)NCc1ccc(Cl)cc1. The summed E-state index contributed by atoms with van der Waals surface area (Å²) in [6.07, 6.45) is 1.59. The van der Waals surface area contributed by atoms with Gasteiger partial charge in [0, 0.05) is 17.1 Å². The molecule has 190 valence electrons. The fourth-order valence-electron chi connectivity index (χ4n) is 4.74. The lowest BCUT2D eigenvalue weighted by Crippen LogP contribution is -2.63. The summed E-state index contributed by atoms with van der Waals surface area (Å²) in [6, 6.07) is 22.2. The van der Waals surface area contributed by atoms with E-state index >= 15 is 0 Å². The molecule has 4 aromatic rings. The summed E-state index contributed by atoms with van der Waals surface area (Å²) in [4.78, 5) is 29.4. The van der Waals surface area contributed by atoms with Gasteiger partial charge in [0.2, 0.25) is 5.91 Å². The summed E-state index contributed by atoms with van der Waals surface area (Å²) in [6.45, 7) is 5.02. The Kier molecular flexibility index (Phi) is 6.80. The maximum atomic E-state index is 13.9. The molecule has 0 radical (unpaired) electrons. The second-order valence-corrected chi connectivity index (χ2v) is 9.62. The largest absolute Gasteiger partial charge is 0.494 e. The third-order valence-corrected chi connectivity index (χ3v) is 6.99. The lowest BCUT2D eigenvalue weighted by atomic mass is 9.93. The molecular weight excluding hydrogens is 490 g/mol. The van der Waals surface area contributed by atoms with Crippen LogP contribution in [0.25, 0.3) is 11.5 Å². The van der Waals surface area contributed by atoms with E-state index in [1.165, 1.54) is 0 Å². The molecule has 0 saturated heterocycles. The van der Waals surface area contributed by atoms with Crippen LogP contribution in [0.4, 0.5) is 0 Å². The van der Waals surface area contributed by atoms with E-state index in [2.05, 4.69) is 5.32 Å². The van der Waals surface area contributed by atoms with Crippen LogP contribution in [0.1, 0.15) is 35.5 Å². The molecule has 0 aliphatic carbocycles. The van der Waals surface area contributed by atoms with E-state index in [0.717, 1.165) is 16.8 Å². The highest BCUT2D eigenvalue weighted by atomic mass is 35.5. The van der Waals surface area contributed by atoms with E-state index in [1.54, 1.807) is 42.4 Å². The quantitative estimate of drug-likeness (QED) is 0.333. The number of carbonyl (C=O) groups excluding carboxylic acids is 2. The van der Waals surface area contributed by atoms with Gasteiger partial charge in [-0.1, -0.05) is 41.9 Å². The van der Waals surface area contributed by atoms with Crippen LogP contribution in [0.2, 0.25) is 5.02 Å². The Morgan fingerprint density at radius 2 is 1.81 bits per heavy atom. The summed E-state index contributed by atoms with van der Waals surface area (Å²) < 4.78 is 13.3. The number of amides is 2. The van der Waals surface area contributed by atoms with Gasteiger partial charge in [0.25, 0.3) is 5.91 Å². The first-order valence-electron chi connectivity index (χ1n) is 12.2. The Bertz CT molecular complexity index is 1410. The Balaban J connectivity index is 1.52. The summed E-state index contributed by atoms with van der Waals surface area (Å²) in [7, 11) is 0. The van der Waals surface area contributed by atoms with Crippen LogP contribution in [-0.4, -0.2) is 33.4 Å². The highest BCUT2D eigenvalue weighted by Crippen LogP contribution is 2.35. The first-order chi connectivity index (χ1) is 17.9. The van der Waals surface area contributed by atoms with Gasteiger partial charge in [0.1, 0.15) is 22.7 Å². The second-order valence-electron chi connectivity index (χ2n) is 9.18. The van der Waals surface area contributed by atoms with Crippen LogP contribution in [0.15, 0.2) is 83.5 Å². The molecule has 1 atom stereocenters. The molecular formula is C29H28ClN3O4. The summed E-state index contributed by atoms with van der Waals surface area (Å²) in [5.74, 6) is 0.839. The van der Waals surface area contributed by atoms with Crippen LogP contribution >= 0.6 is 11.6 Å². The van der Waals surface area contributed by atoms with Crippen LogP contribution in [0.5, 0.6) is 5.75 Å². The number of para-hydroxylation sites is 1. The molecule has 1 aliphatic rings. The summed E-state index contributed by atoms with van der Waals surface area (Å²) >= 11 is 6.01. The maximum Gasteiger partial charge on any atom is 0.271 e. The van der Waals surface area contributed by atoms with Gasteiger partial charge in [0.05, 0.1) is 31.7 Å². The molecule has 5 rings (SSSR count). The number of carbonyl (C=O) groups is 2. The van der Waals surface area contributed by atoms with Crippen molar-refractivity contribution in [3.63, 3.8) is 0 Å². The number of aromatic nitrogens is 1. The molecule has 0 fully saturated rings. The molecule has 1 unspecified atom stereocenters. The maximum absolute atomic E-state index is 13.9. The van der Waals surface area contributed by atoms with Crippen molar-refractivity contribution in [2.75, 3.05) is 6.61 Å². The third-order valence-electron chi connectivity index (χ3n) is 6.74. The zero-order valence-corrected chi connectivity index (χ0v) is 21.5. The Hall–Kier alpha value is -3.97. The summed E-state index contributed by atoms with van der Waals surface area (Å²) in [5.41, 5.74) is 1.81. The van der Waals surface area contributed by atoms with Crippen LogP contribution < -0.4 is 10.1 Å². The van der Waals surface area contributed by atoms with E-state index in [-0.39, 0.29) is 24.9 Å². The lowest BCUT2D eigenvalue weighted by molar-refractivity contribution is -0.133.